The second-order valence-electron chi connectivity index (χ2n) is 6.16. The van der Waals surface area contributed by atoms with Crippen molar-refractivity contribution in [3.05, 3.63) is 27.8 Å². The van der Waals surface area contributed by atoms with Crippen LogP contribution in [0.2, 0.25) is 0 Å². The molecule has 0 spiro atoms. The lowest BCUT2D eigenvalue weighted by Crippen LogP contribution is -2.39. The van der Waals surface area contributed by atoms with Gasteiger partial charge in [-0.2, -0.15) is 0 Å². The van der Waals surface area contributed by atoms with Crippen LogP contribution in [0, 0.1) is 10.1 Å². The molecule has 2 saturated heterocycles. The molecule has 0 aromatic heterocycles. The number of nitro groups is 1. The maximum Gasteiger partial charge on any atom is 0.285 e. The topological polar surface area (TPSA) is 84.7 Å². The standard InChI is InChI=1S/C16H21N3O4S/c1-23-14-8-13(19(21)22)12(7-15(14)24-2)16(20)18-6-5-10-3-4-11(9-18)17-10/h7-8,10-11,17H,3-6,9H2,1-2H3. The highest BCUT2D eigenvalue weighted by Crippen LogP contribution is 2.35. The number of benzene rings is 1. The molecule has 1 aromatic carbocycles. The van der Waals surface area contributed by atoms with E-state index in [0.29, 0.717) is 30.9 Å². The number of fused-ring (bicyclic) bond motifs is 2. The highest BCUT2D eigenvalue weighted by Gasteiger charge is 2.34. The minimum Gasteiger partial charge on any atom is -0.495 e. The molecule has 2 unspecified atom stereocenters. The fourth-order valence-electron chi connectivity index (χ4n) is 3.49. The zero-order valence-electron chi connectivity index (χ0n) is 13.8. The summed E-state index contributed by atoms with van der Waals surface area (Å²) in [7, 11) is 1.47. The third-order valence-corrected chi connectivity index (χ3v) is 5.50. The number of hydrogen-bond donors (Lipinski definition) is 1. The Balaban J connectivity index is 1.94. The van der Waals surface area contributed by atoms with Crippen LogP contribution in [0.5, 0.6) is 5.75 Å². The van der Waals surface area contributed by atoms with Crippen molar-refractivity contribution in [2.24, 2.45) is 0 Å². The lowest BCUT2D eigenvalue weighted by atomic mass is 10.1. The van der Waals surface area contributed by atoms with Crippen LogP contribution in [0.25, 0.3) is 0 Å². The van der Waals surface area contributed by atoms with Crippen molar-refractivity contribution in [3.63, 3.8) is 0 Å². The molecule has 130 valence electrons. The minimum atomic E-state index is -0.512. The van der Waals surface area contributed by atoms with E-state index < -0.39 is 4.92 Å². The summed E-state index contributed by atoms with van der Waals surface area (Å²) in [5.74, 6) is 0.149. The van der Waals surface area contributed by atoms with Crippen LogP contribution in [0.1, 0.15) is 29.6 Å². The number of nitrogens with zero attached hydrogens (tertiary/aromatic N) is 2. The van der Waals surface area contributed by atoms with Gasteiger partial charge in [-0.25, -0.2) is 0 Å². The maximum atomic E-state index is 13.0. The van der Waals surface area contributed by atoms with E-state index in [1.54, 1.807) is 11.0 Å². The van der Waals surface area contributed by atoms with E-state index in [9.17, 15) is 14.9 Å². The molecule has 2 heterocycles. The van der Waals surface area contributed by atoms with Crippen molar-refractivity contribution in [2.75, 3.05) is 26.5 Å². The number of ether oxygens (including phenoxy) is 1. The first-order valence-corrected chi connectivity index (χ1v) is 9.21. The molecule has 2 aliphatic rings. The van der Waals surface area contributed by atoms with Gasteiger partial charge in [0.25, 0.3) is 11.6 Å². The summed E-state index contributed by atoms with van der Waals surface area (Å²) < 4.78 is 5.21. The molecule has 7 nitrogen and oxygen atoms in total. The van der Waals surface area contributed by atoms with Gasteiger partial charge in [0, 0.05) is 25.2 Å². The predicted octanol–water partition coefficient (Wildman–Crippen LogP) is 2.29. The second-order valence-corrected chi connectivity index (χ2v) is 7.01. The first-order valence-electron chi connectivity index (χ1n) is 7.99. The Morgan fingerprint density at radius 1 is 1.38 bits per heavy atom. The number of carbonyl (C=O) groups excluding carboxylic acids is 1. The molecule has 0 radical (unpaired) electrons. The van der Waals surface area contributed by atoms with Crippen LogP contribution in [0.4, 0.5) is 5.69 Å². The number of carbonyl (C=O) groups is 1. The van der Waals surface area contributed by atoms with Crippen molar-refractivity contribution in [1.82, 2.24) is 10.2 Å². The smallest absolute Gasteiger partial charge is 0.285 e. The first kappa shape index (κ1) is 17.0. The number of hydrogen-bond acceptors (Lipinski definition) is 6. The van der Waals surface area contributed by atoms with Crippen molar-refractivity contribution in [3.8, 4) is 5.75 Å². The Kier molecular flexibility index (Phi) is 4.96. The van der Waals surface area contributed by atoms with Crippen molar-refractivity contribution >= 4 is 23.4 Å². The summed E-state index contributed by atoms with van der Waals surface area (Å²) in [4.78, 5) is 26.4. The van der Waals surface area contributed by atoms with E-state index in [1.807, 2.05) is 6.26 Å². The van der Waals surface area contributed by atoms with E-state index in [-0.39, 0.29) is 17.2 Å². The normalized spacial score (nSPS) is 23.0. The number of likely N-dealkylation sites (tertiary alicyclic amines) is 1. The monoisotopic (exact) mass is 351 g/mol. The third kappa shape index (κ3) is 3.21. The summed E-state index contributed by atoms with van der Waals surface area (Å²) >= 11 is 1.40. The van der Waals surface area contributed by atoms with Gasteiger partial charge in [0.15, 0.2) is 0 Å². The number of thioether (sulfide) groups is 1. The van der Waals surface area contributed by atoms with E-state index >= 15 is 0 Å². The van der Waals surface area contributed by atoms with E-state index in [4.69, 9.17) is 4.74 Å². The van der Waals surface area contributed by atoms with Crippen molar-refractivity contribution in [2.45, 2.75) is 36.2 Å². The molecule has 1 N–H and O–H groups in total. The summed E-state index contributed by atoms with van der Waals surface area (Å²) in [6, 6.07) is 3.68. The third-order valence-electron chi connectivity index (χ3n) is 4.74. The Bertz CT molecular complexity index is 667. The molecule has 3 rings (SSSR count). The van der Waals surface area contributed by atoms with Crippen LogP contribution in [0.15, 0.2) is 17.0 Å². The SMILES string of the molecule is COc1cc([N+](=O)[O-])c(C(=O)N2CCC3CCC(C2)N3)cc1SC. The summed E-state index contributed by atoms with van der Waals surface area (Å²) in [6.07, 6.45) is 4.94. The number of rotatable bonds is 4. The highest BCUT2D eigenvalue weighted by molar-refractivity contribution is 7.98. The molecule has 1 amide bonds. The second kappa shape index (κ2) is 6.98. The van der Waals surface area contributed by atoms with Gasteiger partial charge in [0.1, 0.15) is 11.3 Å². The van der Waals surface area contributed by atoms with Crippen LogP contribution >= 0.6 is 11.8 Å². The van der Waals surface area contributed by atoms with Crippen LogP contribution in [-0.2, 0) is 0 Å². The van der Waals surface area contributed by atoms with Gasteiger partial charge in [-0.05, 0) is 31.6 Å². The highest BCUT2D eigenvalue weighted by atomic mass is 32.2. The van der Waals surface area contributed by atoms with Gasteiger partial charge >= 0.3 is 0 Å². The quantitative estimate of drug-likeness (QED) is 0.509. The molecular formula is C16H21N3O4S. The molecule has 2 bridgehead atoms. The summed E-state index contributed by atoms with van der Waals surface area (Å²) in [5.41, 5.74) is -0.0556. The molecule has 0 saturated carbocycles. The van der Waals surface area contributed by atoms with Gasteiger partial charge in [0.2, 0.25) is 0 Å². The van der Waals surface area contributed by atoms with Crippen molar-refractivity contribution in [1.29, 1.82) is 0 Å². The number of nitro benzene ring substituents is 1. The van der Waals surface area contributed by atoms with Gasteiger partial charge in [-0.3, -0.25) is 14.9 Å². The average molecular weight is 351 g/mol. The van der Waals surface area contributed by atoms with Gasteiger partial charge in [-0.1, -0.05) is 0 Å². The largest absolute Gasteiger partial charge is 0.495 e. The fraction of sp³-hybridized carbons (Fsp3) is 0.562. The zero-order valence-corrected chi connectivity index (χ0v) is 14.6. The van der Waals surface area contributed by atoms with Gasteiger partial charge in [0.05, 0.1) is 23.0 Å². The fourth-order valence-corrected chi connectivity index (χ4v) is 4.07. The van der Waals surface area contributed by atoms with E-state index in [2.05, 4.69) is 5.32 Å². The Labute approximate surface area is 144 Å². The Hall–Kier alpha value is -1.80. The number of amides is 1. The molecule has 24 heavy (non-hydrogen) atoms. The molecular weight excluding hydrogens is 330 g/mol. The van der Waals surface area contributed by atoms with Crippen LogP contribution in [-0.4, -0.2) is 54.3 Å². The summed E-state index contributed by atoms with van der Waals surface area (Å²) in [5, 5.41) is 14.9. The minimum absolute atomic E-state index is 0.142. The molecule has 2 atom stereocenters. The molecule has 1 aromatic rings. The first-order chi connectivity index (χ1) is 11.5. The van der Waals surface area contributed by atoms with Crippen molar-refractivity contribution < 1.29 is 14.5 Å². The average Bonchev–Trinajstić information content (AvgIpc) is 2.91. The lowest BCUT2D eigenvalue weighted by Gasteiger charge is -2.24. The maximum absolute atomic E-state index is 13.0. The van der Waals surface area contributed by atoms with Gasteiger partial charge < -0.3 is 15.0 Å². The Morgan fingerprint density at radius 2 is 2.12 bits per heavy atom. The van der Waals surface area contributed by atoms with E-state index in [1.165, 1.54) is 24.9 Å². The molecule has 2 aliphatic heterocycles. The zero-order chi connectivity index (χ0) is 17.3. The summed E-state index contributed by atoms with van der Waals surface area (Å²) in [6.45, 7) is 1.23. The van der Waals surface area contributed by atoms with Crippen LogP contribution < -0.4 is 10.1 Å². The van der Waals surface area contributed by atoms with Crippen LogP contribution in [0.3, 0.4) is 0 Å². The number of nitrogens with one attached hydrogen (secondary N) is 1. The molecule has 2 fully saturated rings. The lowest BCUT2D eigenvalue weighted by molar-refractivity contribution is -0.385. The Morgan fingerprint density at radius 3 is 2.79 bits per heavy atom. The van der Waals surface area contributed by atoms with Gasteiger partial charge in [-0.15, -0.1) is 11.8 Å². The number of methoxy groups -OCH3 is 1. The molecule has 0 aliphatic carbocycles. The van der Waals surface area contributed by atoms with E-state index in [0.717, 1.165) is 24.2 Å². The molecule has 8 heteroatoms. The predicted molar refractivity (Wildman–Crippen MR) is 91.9 cm³/mol.